The van der Waals surface area contributed by atoms with Gasteiger partial charge in [-0.3, -0.25) is 0 Å². The molecule has 0 bridgehead atoms. The first-order valence-corrected chi connectivity index (χ1v) is 7.47. The highest BCUT2D eigenvalue weighted by atomic mass is 32.2. The minimum Gasteiger partial charge on any atom is -0.446 e. The Morgan fingerprint density at radius 3 is 2.65 bits per heavy atom. The van der Waals surface area contributed by atoms with E-state index in [0.717, 1.165) is 0 Å². The monoisotopic (exact) mass is 293 g/mol. The summed E-state index contributed by atoms with van der Waals surface area (Å²) in [5.41, 5.74) is 0.561. The standard InChI is InChI=1S/C13H15N3O3S/c1-10(8-13-14-9-11(2)19-13)15-16-20(17,18)12-6-4-3-5-7-12/h3-7,9,16H,8H2,1-2H3/b15-10+. The zero-order valence-electron chi connectivity index (χ0n) is 11.2. The largest absolute Gasteiger partial charge is 0.446 e. The lowest BCUT2D eigenvalue weighted by Gasteiger charge is -2.04. The Labute approximate surface area is 117 Å². The second-order valence-corrected chi connectivity index (χ2v) is 5.96. The fourth-order valence-corrected chi connectivity index (χ4v) is 2.43. The van der Waals surface area contributed by atoms with Crippen molar-refractivity contribution < 1.29 is 12.8 Å². The van der Waals surface area contributed by atoms with E-state index in [-0.39, 0.29) is 4.90 Å². The van der Waals surface area contributed by atoms with Gasteiger partial charge in [0.25, 0.3) is 10.0 Å². The molecule has 0 saturated carbocycles. The molecule has 2 aromatic rings. The fourth-order valence-electron chi connectivity index (χ4n) is 1.53. The van der Waals surface area contributed by atoms with Crippen molar-refractivity contribution >= 4 is 15.7 Å². The quantitative estimate of drug-likeness (QED) is 0.674. The van der Waals surface area contributed by atoms with Gasteiger partial charge < -0.3 is 4.42 Å². The summed E-state index contributed by atoms with van der Waals surface area (Å²) in [7, 11) is -3.63. The summed E-state index contributed by atoms with van der Waals surface area (Å²) < 4.78 is 29.2. The maximum absolute atomic E-state index is 11.9. The summed E-state index contributed by atoms with van der Waals surface area (Å²) >= 11 is 0. The Morgan fingerprint density at radius 2 is 2.05 bits per heavy atom. The van der Waals surface area contributed by atoms with Gasteiger partial charge >= 0.3 is 0 Å². The number of nitrogens with one attached hydrogen (secondary N) is 1. The molecule has 7 heteroatoms. The maximum atomic E-state index is 11.9. The van der Waals surface area contributed by atoms with Crippen molar-refractivity contribution in [3.8, 4) is 0 Å². The Morgan fingerprint density at radius 1 is 1.35 bits per heavy atom. The topological polar surface area (TPSA) is 84.6 Å². The zero-order chi connectivity index (χ0) is 14.6. The average Bonchev–Trinajstić information content (AvgIpc) is 2.83. The Bertz CT molecular complexity index is 705. The highest BCUT2D eigenvalue weighted by Crippen LogP contribution is 2.07. The third-order valence-corrected chi connectivity index (χ3v) is 3.71. The molecule has 0 amide bonds. The lowest BCUT2D eigenvalue weighted by Crippen LogP contribution is -2.20. The van der Waals surface area contributed by atoms with Crippen molar-refractivity contribution in [1.29, 1.82) is 0 Å². The van der Waals surface area contributed by atoms with E-state index in [2.05, 4.69) is 14.9 Å². The van der Waals surface area contributed by atoms with Crippen molar-refractivity contribution in [2.45, 2.75) is 25.2 Å². The van der Waals surface area contributed by atoms with Gasteiger partial charge in [-0.1, -0.05) is 18.2 Å². The van der Waals surface area contributed by atoms with Gasteiger partial charge in [-0.2, -0.15) is 13.5 Å². The number of aromatic nitrogens is 1. The number of oxazole rings is 1. The van der Waals surface area contributed by atoms with Crippen LogP contribution in [0.2, 0.25) is 0 Å². The Balaban J connectivity index is 2.05. The molecule has 0 aliphatic rings. The molecule has 0 atom stereocenters. The molecule has 0 aliphatic carbocycles. The van der Waals surface area contributed by atoms with Crippen molar-refractivity contribution in [1.82, 2.24) is 9.82 Å². The number of hydrogen-bond donors (Lipinski definition) is 1. The predicted octanol–water partition coefficient (Wildman–Crippen LogP) is 1.88. The first kappa shape index (κ1) is 14.3. The SMILES string of the molecule is C/C(Cc1ncc(C)o1)=N\NS(=O)(=O)c1ccccc1. The summed E-state index contributed by atoms with van der Waals surface area (Å²) in [6, 6.07) is 8.06. The molecule has 0 fully saturated rings. The fraction of sp³-hybridized carbons (Fsp3) is 0.231. The van der Waals surface area contributed by atoms with E-state index in [1.54, 1.807) is 38.2 Å². The normalized spacial score (nSPS) is 12.4. The van der Waals surface area contributed by atoms with Gasteiger partial charge in [0, 0.05) is 5.71 Å². The van der Waals surface area contributed by atoms with Crippen LogP contribution in [0.4, 0.5) is 0 Å². The number of hydrogen-bond acceptors (Lipinski definition) is 5. The predicted molar refractivity (Wildman–Crippen MR) is 74.8 cm³/mol. The molecule has 0 aliphatic heterocycles. The molecule has 1 heterocycles. The van der Waals surface area contributed by atoms with Crippen LogP contribution in [-0.4, -0.2) is 19.1 Å². The summed E-state index contributed by atoms with van der Waals surface area (Å²) in [5, 5.41) is 3.86. The van der Waals surface area contributed by atoms with Crippen LogP contribution < -0.4 is 4.83 Å². The smallest absolute Gasteiger partial charge is 0.276 e. The molecule has 6 nitrogen and oxygen atoms in total. The van der Waals surface area contributed by atoms with E-state index in [9.17, 15) is 8.42 Å². The van der Waals surface area contributed by atoms with Crippen LogP contribution in [0, 0.1) is 6.92 Å². The number of sulfonamides is 1. The number of nitrogens with zero attached hydrogens (tertiary/aromatic N) is 2. The lowest BCUT2D eigenvalue weighted by molar-refractivity contribution is 0.486. The van der Waals surface area contributed by atoms with Gasteiger partial charge in [0.15, 0.2) is 5.89 Å². The van der Waals surface area contributed by atoms with Gasteiger partial charge in [0.1, 0.15) is 5.76 Å². The van der Waals surface area contributed by atoms with E-state index in [1.165, 1.54) is 12.1 Å². The highest BCUT2D eigenvalue weighted by Gasteiger charge is 2.12. The third-order valence-electron chi connectivity index (χ3n) is 2.49. The van der Waals surface area contributed by atoms with Crippen LogP contribution in [0.5, 0.6) is 0 Å². The van der Waals surface area contributed by atoms with Crippen LogP contribution >= 0.6 is 0 Å². The summed E-state index contributed by atoms with van der Waals surface area (Å²) in [5.74, 6) is 1.21. The molecular weight excluding hydrogens is 278 g/mol. The Hall–Kier alpha value is -2.15. The average molecular weight is 293 g/mol. The van der Waals surface area contributed by atoms with E-state index < -0.39 is 10.0 Å². The van der Waals surface area contributed by atoms with Crippen molar-refractivity contribution in [3.05, 3.63) is 48.2 Å². The molecule has 20 heavy (non-hydrogen) atoms. The highest BCUT2D eigenvalue weighted by molar-refractivity contribution is 7.89. The summed E-state index contributed by atoms with van der Waals surface area (Å²) in [6.07, 6.45) is 1.96. The van der Waals surface area contributed by atoms with Gasteiger partial charge in [0.05, 0.1) is 17.5 Å². The molecule has 1 N–H and O–H groups in total. The van der Waals surface area contributed by atoms with Crippen LogP contribution in [0.15, 0.2) is 50.9 Å². The minimum absolute atomic E-state index is 0.170. The first-order chi connectivity index (χ1) is 9.47. The maximum Gasteiger partial charge on any atom is 0.276 e. The number of rotatable bonds is 5. The van der Waals surface area contributed by atoms with Crippen LogP contribution in [0.1, 0.15) is 18.6 Å². The summed E-state index contributed by atoms with van der Waals surface area (Å²) in [6.45, 7) is 3.49. The lowest BCUT2D eigenvalue weighted by atomic mass is 10.3. The molecular formula is C13H15N3O3S. The second-order valence-electron chi connectivity index (χ2n) is 4.30. The Kier molecular flexibility index (Phi) is 4.19. The van der Waals surface area contributed by atoms with Crippen molar-refractivity contribution in [2.24, 2.45) is 5.10 Å². The first-order valence-electron chi connectivity index (χ1n) is 5.99. The zero-order valence-corrected chi connectivity index (χ0v) is 12.0. The van der Waals surface area contributed by atoms with Gasteiger partial charge in [-0.05, 0) is 26.0 Å². The third kappa shape index (κ3) is 3.67. The molecule has 106 valence electrons. The van der Waals surface area contributed by atoms with E-state index in [0.29, 0.717) is 23.8 Å². The molecule has 0 unspecified atom stereocenters. The number of aryl methyl sites for hydroxylation is 1. The molecule has 1 aromatic carbocycles. The molecule has 0 saturated heterocycles. The number of hydrazone groups is 1. The van der Waals surface area contributed by atoms with Gasteiger partial charge in [0.2, 0.25) is 0 Å². The van der Waals surface area contributed by atoms with E-state index >= 15 is 0 Å². The second kappa shape index (κ2) is 5.87. The van der Waals surface area contributed by atoms with E-state index in [1.807, 2.05) is 0 Å². The van der Waals surface area contributed by atoms with Crippen LogP contribution in [0.25, 0.3) is 0 Å². The number of benzene rings is 1. The minimum atomic E-state index is -3.63. The van der Waals surface area contributed by atoms with Crippen molar-refractivity contribution in [2.75, 3.05) is 0 Å². The van der Waals surface area contributed by atoms with Gasteiger partial charge in [-0.15, -0.1) is 0 Å². The van der Waals surface area contributed by atoms with E-state index in [4.69, 9.17) is 4.42 Å². The molecule has 2 rings (SSSR count). The molecule has 1 aromatic heterocycles. The van der Waals surface area contributed by atoms with Gasteiger partial charge in [-0.25, -0.2) is 9.82 Å². The van der Waals surface area contributed by atoms with Crippen LogP contribution in [-0.2, 0) is 16.4 Å². The van der Waals surface area contributed by atoms with Crippen LogP contribution in [0.3, 0.4) is 0 Å². The van der Waals surface area contributed by atoms with Crippen molar-refractivity contribution in [3.63, 3.8) is 0 Å². The summed E-state index contributed by atoms with van der Waals surface area (Å²) in [4.78, 5) is 6.40. The molecule has 0 spiro atoms. The molecule has 0 radical (unpaired) electrons.